The van der Waals surface area contributed by atoms with Gasteiger partial charge in [-0.05, 0) is 46.3 Å². The van der Waals surface area contributed by atoms with Crippen molar-refractivity contribution >= 4 is 31.6 Å². The number of nitrogens with zero attached hydrogens (tertiary/aromatic N) is 1. The summed E-state index contributed by atoms with van der Waals surface area (Å²) in [6.07, 6.45) is 0. The largest absolute Gasteiger partial charge is 0.454 e. The zero-order valence-electron chi connectivity index (χ0n) is 11.6. The number of hydrogen-bond acceptors (Lipinski definition) is 4. The van der Waals surface area contributed by atoms with Crippen LogP contribution in [-0.2, 0) is 10.0 Å². The molecular formula is C14H15BrN2O3S. The predicted octanol–water partition coefficient (Wildman–Crippen LogP) is 3.07. The van der Waals surface area contributed by atoms with Crippen molar-refractivity contribution < 1.29 is 13.2 Å². The number of hydrogen-bond donors (Lipinski definition) is 1. The van der Waals surface area contributed by atoms with E-state index in [0.717, 1.165) is 8.78 Å². The van der Waals surface area contributed by atoms with Crippen molar-refractivity contribution in [3.63, 3.8) is 0 Å². The molecule has 0 saturated carbocycles. The van der Waals surface area contributed by atoms with Gasteiger partial charge in [-0.15, -0.1) is 0 Å². The fourth-order valence-electron chi connectivity index (χ4n) is 1.64. The van der Waals surface area contributed by atoms with Crippen LogP contribution in [0.15, 0.2) is 51.8 Å². The van der Waals surface area contributed by atoms with Gasteiger partial charge in [0.15, 0.2) is 0 Å². The number of nitrogen functional groups attached to an aromatic ring is 1. The van der Waals surface area contributed by atoms with Crippen molar-refractivity contribution in [2.75, 3.05) is 19.8 Å². The quantitative estimate of drug-likeness (QED) is 0.839. The Kier molecular flexibility index (Phi) is 4.55. The number of nitrogens with two attached hydrogens (primary N) is 1. The average Bonchev–Trinajstić information content (AvgIpc) is 2.43. The van der Waals surface area contributed by atoms with Crippen LogP contribution in [0.4, 0.5) is 5.69 Å². The third-order valence-electron chi connectivity index (χ3n) is 2.82. The molecule has 0 aliphatic carbocycles. The number of para-hydroxylation sites is 1. The number of anilines is 1. The van der Waals surface area contributed by atoms with Gasteiger partial charge in [-0.1, -0.05) is 12.1 Å². The van der Waals surface area contributed by atoms with Gasteiger partial charge in [0, 0.05) is 14.1 Å². The highest BCUT2D eigenvalue weighted by atomic mass is 79.9. The molecule has 0 aliphatic heterocycles. The molecule has 2 aromatic carbocycles. The van der Waals surface area contributed by atoms with Crippen LogP contribution in [0.2, 0.25) is 0 Å². The van der Waals surface area contributed by atoms with Crippen LogP contribution in [-0.4, -0.2) is 26.8 Å². The van der Waals surface area contributed by atoms with Gasteiger partial charge < -0.3 is 10.5 Å². The summed E-state index contributed by atoms with van der Waals surface area (Å²) in [6.45, 7) is 0. The lowest BCUT2D eigenvalue weighted by atomic mass is 10.3. The minimum absolute atomic E-state index is 0.129. The topological polar surface area (TPSA) is 72.6 Å². The second-order valence-electron chi connectivity index (χ2n) is 4.52. The smallest absolute Gasteiger partial charge is 0.242 e. The Morgan fingerprint density at radius 1 is 1.10 bits per heavy atom. The highest BCUT2D eigenvalue weighted by Crippen LogP contribution is 2.33. The summed E-state index contributed by atoms with van der Waals surface area (Å²) in [5.41, 5.74) is 6.15. The molecule has 5 nitrogen and oxygen atoms in total. The first kappa shape index (κ1) is 15.8. The second kappa shape index (κ2) is 6.05. The van der Waals surface area contributed by atoms with E-state index in [4.69, 9.17) is 10.5 Å². The predicted molar refractivity (Wildman–Crippen MR) is 85.9 cm³/mol. The molecule has 0 heterocycles. The summed E-state index contributed by atoms with van der Waals surface area (Å²) in [5.74, 6) is 1.01. The Hall–Kier alpha value is -1.57. The first-order valence-electron chi connectivity index (χ1n) is 6.07. The van der Waals surface area contributed by atoms with Crippen molar-refractivity contribution in [3.8, 4) is 11.5 Å². The maximum absolute atomic E-state index is 12.0. The Morgan fingerprint density at radius 3 is 2.33 bits per heavy atom. The summed E-state index contributed by atoms with van der Waals surface area (Å²) >= 11 is 3.38. The number of benzene rings is 2. The molecule has 7 heteroatoms. The van der Waals surface area contributed by atoms with Crippen LogP contribution in [0, 0.1) is 0 Å². The van der Waals surface area contributed by atoms with E-state index in [2.05, 4.69) is 15.9 Å². The normalized spacial score (nSPS) is 11.6. The fraction of sp³-hybridized carbons (Fsp3) is 0.143. The summed E-state index contributed by atoms with van der Waals surface area (Å²) in [6, 6.07) is 11.7. The van der Waals surface area contributed by atoms with Crippen LogP contribution < -0.4 is 10.5 Å². The lowest BCUT2D eigenvalue weighted by Crippen LogP contribution is -2.22. The standard InChI is InChI=1S/C14H15BrN2O3S/c1-17(2)21(18,19)10-7-8-14(12(16)9-10)20-13-6-4-3-5-11(13)15/h3-9H,16H2,1-2H3. The van der Waals surface area contributed by atoms with Gasteiger partial charge >= 0.3 is 0 Å². The molecule has 0 spiro atoms. The van der Waals surface area contributed by atoms with Gasteiger partial charge in [0.1, 0.15) is 11.5 Å². The van der Waals surface area contributed by atoms with Gasteiger partial charge in [-0.2, -0.15) is 0 Å². The van der Waals surface area contributed by atoms with Crippen LogP contribution in [0.25, 0.3) is 0 Å². The minimum Gasteiger partial charge on any atom is -0.454 e. The van der Waals surface area contributed by atoms with E-state index in [0.29, 0.717) is 11.5 Å². The molecule has 0 aromatic heterocycles. The summed E-state index contributed by atoms with van der Waals surface area (Å²) in [4.78, 5) is 0.129. The molecule has 2 rings (SSSR count). The molecule has 0 bridgehead atoms. The highest BCUT2D eigenvalue weighted by molar-refractivity contribution is 9.10. The summed E-state index contributed by atoms with van der Waals surface area (Å²) < 4.78 is 31.7. The summed E-state index contributed by atoms with van der Waals surface area (Å²) in [7, 11) is -0.570. The van der Waals surface area contributed by atoms with Crippen LogP contribution in [0.5, 0.6) is 11.5 Å². The molecule has 0 saturated heterocycles. The van der Waals surface area contributed by atoms with Crippen molar-refractivity contribution in [1.82, 2.24) is 4.31 Å². The molecule has 0 amide bonds. The van der Waals surface area contributed by atoms with E-state index in [1.165, 1.54) is 26.2 Å². The molecule has 2 aromatic rings. The van der Waals surface area contributed by atoms with Crippen LogP contribution >= 0.6 is 15.9 Å². The Labute approximate surface area is 132 Å². The average molecular weight is 371 g/mol. The molecule has 0 radical (unpaired) electrons. The lowest BCUT2D eigenvalue weighted by molar-refractivity contribution is 0.481. The monoisotopic (exact) mass is 370 g/mol. The maximum atomic E-state index is 12.0. The Balaban J connectivity index is 2.35. The van der Waals surface area contributed by atoms with E-state index >= 15 is 0 Å². The SMILES string of the molecule is CN(C)S(=O)(=O)c1ccc(Oc2ccccc2Br)c(N)c1. The third kappa shape index (κ3) is 3.37. The first-order valence-corrected chi connectivity index (χ1v) is 8.30. The molecule has 0 fully saturated rings. The lowest BCUT2D eigenvalue weighted by Gasteiger charge is -2.14. The van der Waals surface area contributed by atoms with Gasteiger partial charge in [0.2, 0.25) is 10.0 Å². The molecule has 0 atom stereocenters. The van der Waals surface area contributed by atoms with Gasteiger partial charge in [-0.3, -0.25) is 0 Å². The molecule has 2 N–H and O–H groups in total. The number of rotatable bonds is 4. The maximum Gasteiger partial charge on any atom is 0.242 e. The van der Waals surface area contributed by atoms with Crippen molar-refractivity contribution in [3.05, 3.63) is 46.9 Å². The Morgan fingerprint density at radius 2 is 1.76 bits per heavy atom. The van der Waals surface area contributed by atoms with Crippen molar-refractivity contribution in [1.29, 1.82) is 0 Å². The minimum atomic E-state index is -3.51. The Bertz CT molecular complexity index is 761. The molecular weight excluding hydrogens is 356 g/mol. The van der Waals surface area contributed by atoms with Crippen LogP contribution in [0.1, 0.15) is 0 Å². The number of halogens is 1. The number of ether oxygens (including phenoxy) is 1. The van der Waals surface area contributed by atoms with Gasteiger partial charge in [-0.25, -0.2) is 12.7 Å². The highest BCUT2D eigenvalue weighted by Gasteiger charge is 2.18. The van der Waals surface area contributed by atoms with Crippen LogP contribution in [0.3, 0.4) is 0 Å². The van der Waals surface area contributed by atoms with E-state index in [9.17, 15) is 8.42 Å². The molecule has 0 unspecified atom stereocenters. The van der Waals surface area contributed by atoms with E-state index in [1.54, 1.807) is 12.1 Å². The van der Waals surface area contributed by atoms with Gasteiger partial charge in [0.05, 0.1) is 15.1 Å². The van der Waals surface area contributed by atoms with Gasteiger partial charge in [0.25, 0.3) is 0 Å². The molecule has 21 heavy (non-hydrogen) atoms. The molecule has 0 aliphatic rings. The van der Waals surface area contributed by atoms with E-state index in [1.807, 2.05) is 18.2 Å². The third-order valence-corrected chi connectivity index (χ3v) is 5.28. The van der Waals surface area contributed by atoms with Crippen molar-refractivity contribution in [2.24, 2.45) is 0 Å². The zero-order chi connectivity index (χ0) is 15.6. The number of sulfonamides is 1. The fourth-order valence-corrected chi connectivity index (χ4v) is 2.94. The summed E-state index contributed by atoms with van der Waals surface area (Å²) in [5, 5.41) is 0. The second-order valence-corrected chi connectivity index (χ2v) is 7.53. The molecule has 112 valence electrons. The zero-order valence-corrected chi connectivity index (χ0v) is 14.0. The first-order chi connectivity index (χ1) is 9.82. The van der Waals surface area contributed by atoms with E-state index in [-0.39, 0.29) is 10.6 Å². The van der Waals surface area contributed by atoms with E-state index < -0.39 is 10.0 Å². The van der Waals surface area contributed by atoms with Crippen molar-refractivity contribution in [2.45, 2.75) is 4.90 Å².